The van der Waals surface area contributed by atoms with Crippen molar-refractivity contribution >= 4 is 27.3 Å². The van der Waals surface area contributed by atoms with E-state index >= 15 is 0 Å². The van der Waals surface area contributed by atoms with Crippen LogP contribution in [-0.2, 0) is 20.7 Å². The number of morpholine rings is 1. The highest BCUT2D eigenvalue weighted by Crippen LogP contribution is 2.33. The van der Waals surface area contributed by atoms with Crippen LogP contribution in [0.2, 0.25) is 0 Å². The van der Waals surface area contributed by atoms with Gasteiger partial charge in [-0.25, -0.2) is 0 Å². The highest BCUT2D eigenvalue weighted by molar-refractivity contribution is 7.17. The van der Waals surface area contributed by atoms with Crippen molar-refractivity contribution < 1.29 is 14.3 Å². The maximum atomic E-state index is 12.9. The third-order valence-electron chi connectivity index (χ3n) is 5.06. The molecule has 122 valence electrons. The van der Waals surface area contributed by atoms with E-state index in [-0.39, 0.29) is 24.2 Å². The van der Waals surface area contributed by atoms with Gasteiger partial charge in [-0.05, 0) is 35.2 Å². The van der Waals surface area contributed by atoms with Crippen LogP contribution in [0.5, 0.6) is 0 Å². The Bertz CT molecular complexity index is 713. The average molecular weight is 331 g/mol. The zero-order valence-electron chi connectivity index (χ0n) is 13.2. The molecule has 0 bridgehead atoms. The van der Waals surface area contributed by atoms with Gasteiger partial charge in [0.1, 0.15) is 6.10 Å². The minimum absolute atomic E-state index is 0.0388. The standard InChI is InChI=1S/C18H21NO3S/c1-21-15-7-6-14-18(15)22-9-8-19(14)17(20)10-12-11-23-16-5-3-2-4-13(12)16/h2-5,11,14-15,18H,6-10H2,1H3/t14-,15-,18+/m0/s1. The molecule has 1 aliphatic heterocycles. The van der Waals surface area contributed by atoms with Crippen molar-refractivity contribution in [3.05, 3.63) is 35.2 Å². The van der Waals surface area contributed by atoms with E-state index in [2.05, 4.69) is 17.5 Å². The molecule has 1 amide bonds. The molecule has 1 saturated carbocycles. The quantitative estimate of drug-likeness (QED) is 0.868. The molecule has 2 aromatic rings. The van der Waals surface area contributed by atoms with Gasteiger partial charge in [0.05, 0.1) is 25.2 Å². The molecule has 2 aliphatic rings. The third-order valence-corrected chi connectivity index (χ3v) is 6.07. The molecule has 3 atom stereocenters. The highest BCUT2D eigenvalue weighted by Gasteiger charge is 2.44. The lowest BCUT2D eigenvalue weighted by Crippen LogP contribution is -2.54. The van der Waals surface area contributed by atoms with Gasteiger partial charge in [-0.15, -0.1) is 11.3 Å². The summed E-state index contributed by atoms with van der Waals surface area (Å²) in [5.74, 6) is 0.212. The first-order valence-corrected chi connectivity index (χ1v) is 9.05. The van der Waals surface area contributed by atoms with E-state index in [1.807, 2.05) is 17.0 Å². The summed E-state index contributed by atoms with van der Waals surface area (Å²) in [6.45, 7) is 1.30. The molecule has 0 radical (unpaired) electrons. The number of rotatable bonds is 3. The Labute approximate surface area is 140 Å². The Balaban J connectivity index is 1.52. The zero-order chi connectivity index (χ0) is 15.8. The van der Waals surface area contributed by atoms with Crippen molar-refractivity contribution in [1.29, 1.82) is 0 Å². The summed E-state index contributed by atoms with van der Waals surface area (Å²) in [4.78, 5) is 14.9. The molecule has 4 nitrogen and oxygen atoms in total. The summed E-state index contributed by atoms with van der Waals surface area (Å²) >= 11 is 1.71. The molecule has 5 heteroatoms. The highest BCUT2D eigenvalue weighted by atomic mass is 32.1. The average Bonchev–Trinajstić information content (AvgIpc) is 3.18. The maximum Gasteiger partial charge on any atom is 0.227 e. The number of nitrogens with zero attached hydrogens (tertiary/aromatic N) is 1. The van der Waals surface area contributed by atoms with Crippen molar-refractivity contribution in [2.24, 2.45) is 0 Å². The molecule has 2 heterocycles. The number of fused-ring (bicyclic) bond motifs is 2. The minimum atomic E-state index is 0.0388. The van der Waals surface area contributed by atoms with Crippen LogP contribution in [0.3, 0.4) is 0 Å². The van der Waals surface area contributed by atoms with Crippen LogP contribution < -0.4 is 0 Å². The van der Waals surface area contributed by atoms with E-state index in [1.165, 1.54) is 10.1 Å². The van der Waals surface area contributed by atoms with E-state index in [1.54, 1.807) is 18.4 Å². The lowest BCUT2D eigenvalue weighted by Gasteiger charge is -2.39. The van der Waals surface area contributed by atoms with Gasteiger partial charge in [0.15, 0.2) is 0 Å². The van der Waals surface area contributed by atoms with Crippen LogP contribution >= 0.6 is 11.3 Å². The van der Waals surface area contributed by atoms with Crippen LogP contribution in [0.4, 0.5) is 0 Å². The van der Waals surface area contributed by atoms with E-state index in [4.69, 9.17) is 9.47 Å². The molecule has 1 aromatic carbocycles. The lowest BCUT2D eigenvalue weighted by molar-refractivity contribution is -0.149. The normalized spacial score (nSPS) is 27.3. The molecular formula is C18H21NO3S. The number of carbonyl (C=O) groups is 1. The third kappa shape index (κ3) is 2.67. The van der Waals surface area contributed by atoms with E-state index in [0.29, 0.717) is 19.6 Å². The second-order valence-electron chi connectivity index (χ2n) is 6.28. The topological polar surface area (TPSA) is 38.8 Å². The Kier molecular flexibility index (Phi) is 4.09. The van der Waals surface area contributed by atoms with Gasteiger partial charge in [-0.1, -0.05) is 18.2 Å². The molecule has 2 fully saturated rings. The fourth-order valence-corrected chi connectivity index (χ4v) is 4.87. The summed E-state index contributed by atoms with van der Waals surface area (Å²) in [5.41, 5.74) is 1.14. The van der Waals surface area contributed by atoms with Crippen LogP contribution in [-0.4, -0.2) is 49.3 Å². The first kappa shape index (κ1) is 15.1. The zero-order valence-corrected chi connectivity index (χ0v) is 14.1. The second kappa shape index (κ2) is 6.23. The first-order chi connectivity index (χ1) is 11.3. The molecule has 0 unspecified atom stereocenters. The minimum Gasteiger partial charge on any atom is -0.379 e. The van der Waals surface area contributed by atoms with Crippen molar-refractivity contribution in [2.45, 2.75) is 37.5 Å². The smallest absolute Gasteiger partial charge is 0.227 e. The van der Waals surface area contributed by atoms with Gasteiger partial charge in [0.2, 0.25) is 5.91 Å². The molecule has 1 aromatic heterocycles. The Hall–Kier alpha value is -1.43. The van der Waals surface area contributed by atoms with Crippen molar-refractivity contribution in [3.63, 3.8) is 0 Å². The Morgan fingerprint density at radius 1 is 1.39 bits per heavy atom. The Morgan fingerprint density at radius 2 is 2.26 bits per heavy atom. The van der Waals surface area contributed by atoms with Gasteiger partial charge in [0, 0.05) is 18.4 Å². The number of amides is 1. The van der Waals surface area contributed by atoms with Gasteiger partial charge >= 0.3 is 0 Å². The van der Waals surface area contributed by atoms with Crippen LogP contribution in [0.25, 0.3) is 10.1 Å². The van der Waals surface area contributed by atoms with Crippen LogP contribution in [0.15, 0.2) is 29.6 Å². The fourth-order valence-electron chi connectivity index (χ4n) is 3.91. The Morgan fingerprint density at radius 3 is 3.13 bits per heavy atom. The number of benzene rings is 1. The van der Waals surface area contributed by atoms with Crippen LogP contribution in [0, 0.1) is 0 Å². The number of thiophene rings is 1. The van der Waals surface area contributed by atoms with E-state index < -0.39 is 0 Å². The summed E-state index contributed by atoms with van der Waals surface area (Å²) in [6.07, 6.45) is 2.58. The maximum absolute atomic E-state index is 12.9. The van der Waals surface area contributed by atoms with Gasteiger partial charge in [-0.2, -0.15) is 0 Å². The van der Waals surface area contributed by atoms with Crippen molar-refractivity contribution in [3.8, 4) is 0 Å². The van der Waals surface area contributed by atoms with Crippen LogP contribution in [0.1, 0.15) is 18.4 Å². The number of methoxy groups -OCH3 is 1. The molecular weight excluding hydrogens is 310 g/mol. The molecule has 0 N–H and O–H groups in total. The summed E-state index contributed by atoms with van der Waals surface area (Å²) < 4.78 is 12.6. The molecule has 1 aliphatic carbocycles. The molecule has 4 rings (SSSR count). The number of ether oxygens (including phenoxy) is 2. The van der Waals surface area contributed by atoms with E-state index in [9.17, 15) is 4.79 Å². The van der Waals surface area contributed by atoms with Gasteiger partial charge in [0.25, 0.3) is 0 Å². The first-order valence-electron chi connectivity index (χ1n) is 8.17. The van der Waals surface area contributed by atoms with E-state index in [0.717, 1.165) is 18.4 Å². The largest absolute Gasteiger partial charge is 0.379 e. The lowest BCUT2D eigenvalue weighted by atomic mass is 10.1. The molecule has 1 saturated heterocycles. The molecule has 23 heavy (non-hydrogen) atoms. The van der Waals surface area contributed by atoms with Gasteiger partial charge in [-0.3, -0.25) is 4.79 Å². The number of hydrogen-bond acceptors (Lipinski definition) is 4. The summed E-state index contributed by atoms with van der Waals surface area (Å²) in [6, 6.07) is 8.46. The predicted molar refractivity (Wildman–Crippen MR) is 90.8 cm³/mol. The number of hydrogen-bond donors (Lipinski definition) is 0. The van der Waals surface area contributed by atoms with Crippen molar-refractivity contribution in [1.82, 2.24) is 4.90 Å². The monoisotopic (exact) mass is 331 g/mol. The predicted octanol–water partition coefficient (Wildman–Crippen LogP) is 2.85. The van der Waals surface area contributed by atoms with Crippen molar-refractivity contribution in [2.75, 3.05) is 20.3 Å². The summed E-state index contributed by atoms with van der Waals surface area (Å²) in [5, 5.41) is 3.32. The fraction of sp³-hybridized carbons (Fsp3) is 0.500. The second-order valence-corrected chi connectivity index (χ2v) is 7.19. The molecule has 0 spiro atoms. The number of carbonyl (C=O) groups excluding carboxylic acids is 1. The summed E-state index contributed by atoms with van der Waals surface area (Å²) in [7, 11) is 1.73. The SMILES string of the molecule is CO[C@H]1CC[C@H]2[C@H]1OCCN2C(=O)Cc1csc2ccccc12. The van der Waals surface area contributed by atoms with Gasteiger partial charge < -0.3 is 14.4 Å².